The van der Waals surface area contributed by atoms with Gasteiger partial charge in [-0.3, -0.25) is 9.59 Å². The average molecular weight is 373 g/mol. The highest BCUT2D eigenvalue weighted by Gasteiger charge is 2.09. The minimum Gasteiger partial charge on any atom is -0.399 e. The number of hydrogen-bond donors (Lipinski definition) is 3. The zero-order chi connectivity index (χ0) is 19.9. The van der Waals surface area contributed by atoms with Gasteiger partial charge in [-0.25, -0.2) is 0 Å². The van der Waals surface area contributed by atoms with Crippen molar-refractivity contribution < 1.29 is 9.59 Å². The molecule has 0 heterocycles. The molecule has 0 unspecified atom stereocenters. The highest BCUT2D eigenvalue weighted by Crippen LogP contribution is 2.16. The van der Waals surface area contributed by atoms with Crippen LogP contribution in [0.25, 0.3) is 0 Å². The first-order valence-electron chi connectivity index (χ1n) is 9.12. The number of hydrogen-bond acceptors (Lipinski definition) is 3. The highest BCUT2D eigenvalue weighted by atomic mass is 16.2. The number of benzene rings is 3. The van der Waals surface area contributed by atoms with Crippen LogP contribution < -0.4 is 16.4 Å². The lowest BCUT2D eigenvalue weighted by Gasteiger charge is -2.09. The molecule has 5 nitrogen and oxygen atoms in total. The zero-order valence-electron chi connectivity index (χ0n) is 15.7. The molecular weight excluding hydrogens is 350 g/mol. The molecule has 0 aliphatic rings. The van der Waals surface area contributed by atoms with Crippen molar-refractivity contribution >= 4 is 28.9 Å². The van der Waals surface area contributed by atoms with Crippen molar-refractivity contribution in [3.8, 4) is 0 Å². The first kappa shape index (κ1) is 19.2. The molecule has 3 aromatic rings. The molecule has 0 aliphatic heterocycles. The molecule has 0 saturated heterocycles. The Morgan fingerprint density at radius 3 is 2.32 bits per heavy atom. The molecule has 0 bridgehead atoms. The standard InChI is InChI=1S/C23H23N3O2/c1-16-6-4-9-19(14-16)26-23(28)18-8-5-10-20(15-18)25-22(27)13-12-17-7-2-3-11-21(17)24/h2-11,14-15H,12-13,24H2,1H3,(H,25,27)(H,26,28). The third-order valence-corrected chi connectivity index (χ3v) is 4.36. The van der Waals surface area contributed by atoms with Crippen molar-refractivity contribution in [1.82, 2.24) is 0 Å². The third-order valence-electron chi connectivity index (χ3n) is 4.36. The Morgan fingerprint density at radius 2 is 1.57 bits per heavy atom. The minimum absolute atomic E-state index is 0.125. The number of anilines is 3. The lowest BCUT2D eigenvalue weighted by atomic mass is 10.1. The predicted molar refractivity (Wildman–Crippen MR) is 113 cm³/mol. The Bertz CT molecular complexity index is 998. The number of nitrogens with one attached hydrogen (secondary N) is 2. The van der Waals surface area contributed by atoms with Crippen molar-refractivity contribution in [3.05, 3.63) is 89.5 Å². The van der Waals surface area contributed by atoms with Crippen LogP contribution in [0.1, 0.15) is 27.9 Å². The van der Waals surface area contributed by atoms with Crippen LogP contribution in [0.4, 0.5) is 17.1 Å². The lowest BCUT2D eigenvalue weighted by Crippen LogP contribution is -2.15. The van der Waals surface area contributed by atoms with E-state index in [2.05, 4.69) is 10.6 Å². The van der Waals surface area contributed by atoms with Gasteiger partial charge in [0.25, 0.3) is 5.91 Å². The van der Waals surface area contributed by atoms with Gasteiger partial charge in [-0.2, -0.15) is 0 Å². The van der Waals surface area contributed by atoms with Gasteiger partial charge in [-0.15, -0.1) is 0 Å². The largest absolute Gasteiger partial charge is 0.399 e. The van der Waals surface area contributed by atoms with E-state index < -0.39 is 0 Å². The summed E-state index contributed by atoms with van der Waals surface area (Å²) in [6.45, 7) is 1.97. The van der Waals surface area contributed by atoms with Gasteiger partial charge in [0.05, 0.1) is 0 Å². The smallest absolute Gasteiger partial charge is 0.255 e. The number of nitrogen functional groups attached to an aromatic ring is 1. The summed E-state index contributed by atoms with van der Waals surface area (Å²) in [4.78, 5) is 24.7. The Morgan fingerprint density at radius 1 is 0.857 bits per heavy atom. The van der Waals surface area contributed by atoms with Crippen LogP contribution in [-0.2, 0) is 11.2 Å². The molecule has 3 aromatic carbocycles. The summed E-state index contributed by atoms with van der Waals surface area (Å²) in [6, 6.07) is 22.0. The van der Waals surface area contributed by atoms with Crippen LogP contribution in [0.3, 0.4) is 0 Å². The first-order chi connectivity index (χ1) is 13.5. The molecule has 3 rings (SSSR count). The zero-order valence-corrected chi connectivity index (χ0v) is 15.7. The fourth-order valence-corrected chi connectivity index (χ4v) is 2.90. The van der Waals surface area contributed by atoms with Crippen molar-refractivity contribution in [1.29, 1.82) is 0 Å². The van der Waals surface area contributed by atoms with E-state index in [0.29, 0.717) is 29.8 Å². The maximum Gasteiger partial charge on any atom is 0.255 e. The maximum atomic E-state index is 12.5. The van der Waals surface area contributed by atoms with Crippen LogP contribution in [0.15, 0.2) is 72.8 Å². The third kappa shape index (κ3) is 5.20. The Labute approximate surface area is 164 Å². The van der Waals surface area contributed by atoms with Crippen LogP contribution >= 0.6 is 0 Å². The summed E-state index contributed by atoms with van der Waals surface area (Å²) in [5.41, 5.74) is 10.4. The monoisotopic (exact) mass is 373 g/mol. The SMILES string of the molecule is Cc1cccc(NC(=O)c2cccc(NC(=O)CCc3ccccc3N)c2)c1. The molecule has 0 aliphatic carbocycles. The number of nitrogens with two attached hydrogens (primary N) is 1. The van der Waals surface area contributed by atoms with E-state index in [9.17, 15) is 9.59 Å². The second kappa shape index (κ2) is 8.86. The lowest BCUT2D eigenvalue weighted by molar-refractivity contribution is -0.116. The van der Waals surface area contributed by atoms with Gasteiger partial charge < -0.3 is 16.4 Å². The number of amides is 2. The second-order valence-electron chi connectivity index (χ2n) is 6.65. The second-order valence-corrected chi connectivity index (χ2v) is 6.65. The van der Waals surface area contributed by atoms with Crippen molar-refractivity contribution in [2.45, 2.75) is 19.8 Å². The fraction of sp³-hybridized carbons (Fsp3) is 0.130. The van der Waals surface area contributed by atoms with Gasteiger partial charge in [0.2, 0.25) is 5.91 Å². The van der Waals surface area contributed by atoms with Gasteiger partial charge >= 0.3 is 0 Å². The Hall–Kier alpha value is -3.60. The van der Waals surface area contributed by atoms with Crippen LogP contribution in [0.5, 0.6) is 0 Å². The van der Waals surface area contributed by atoms with E-state index in [1.807, 2.05) is 55.5 Å². The van der Waals surface area contributed by atoms with Crippen LogP contribution in [0.2, 0.25) is 0 Å². The molecule has 5 heteroatoms. The minimum atomic E-state index is -0.223. The highest BCUT2D eigenvalue weighted by molar-refractivity contribution is 6.05. The van der Waals surface area contributed by atoms with Crippen molar-refractivity contribution in [3.63, 3.8) is 0 Å². The molecule has 142 valence electrons. The van der Waals surface area contributed by atoms with Gasteiger partial charge in [0.15, 0.2) is 0 Å². The summed E-state index contributed by atoms with van der Waals surface area (Å²) in [6.07, 6.45) is 0.875. The normalized spacial score (nSPS) is 10.3. The number of para-hydroxylation sites is 1. The predicted octanol–water partition coefficient (Wildman–Crippen LogP) is 4.40. The average Bonchev–Trinajstić information content (AvgIpc) is 2.67. The molecule has 0 atom stereocenters. The van der Waals surface area contributed by atoms with E-state index in [-0.39, 0.29) is 11.8 Å². The number of aryl methyl sites for hydroxylation is 2. The van der Waals surface area contributed by atoms with E-state index in [1.54, 1.807) is 24.3 Å². The van der Waals surface area contributed by atoms with Gasteiger partial charge in [0, 0.05) is 29.0 Å². The molecular formula is C23H23N3O2. The molecule has 4 N–H and O–H groups in total. The molecule has 0 aromatic heterocycles. The number of rotatable bonds is 6. The van der Waals surface area contributed by atoms with Crippen molar-refractivity contribution in [2.24, 2.45) is 0 Å². The first-order valence-corrected chi connectivity index (χ1v) is 9.12. The van der Waals surface area contributed by atoms with Gasteiger partial charge in [-0.1, -0.05) is 36.4 Å². The Balaban J connectivity index is 1.60. The maximum absolute atomic E-state index is 12.5. The molecule has 0 fully saturated rings. The molecule has 28 heavy (non-hydrogen) atoms. The van der Waals surface area contributed by atoms with Gasteiger partial charge in [-0.05, 0) is 60.9 Å². The van der Waals surface area contributed by atoms with Crippen LogP contribution in [0, 0.1) is 6.92 Å². The van der Waals surface area contributed by atoms with E-state index >= 15 is 0 Å². The molecule has 0 saturated carbocycles. The summed E-state index contributed by atoms with van der Waals surface area (Å²) in [5, 5.41) is 5.71. The fourth-order valence-electron chi connectivity index (χ4n) is 2.90. The van der Waals surface area contributed by atoms with E-state index in [4.69, 9.17) is 5.73 Å². The Kier molecular flexibility index (Phi) is 6.07. The summed E-state index contributed by atoms with van der Waals surface area (Å²) >= 11 is 0. The molecule has 0 radical (unpaired) electrons. The molecule has 0 spiro atoms. The summed E-state index contributed by atoms with van der Waals surface area (Å²) in [5.74, 6) is -0.349. The molecule has 2 amide bonds. The van der Waals surface area contributed by atoms with Crippen molar-refractivity contribution in [2.75, 3.05) is 16.4 Å². The topological polar surface area (TPSA) is 84.2 Å². The number of carbonyl (C=O) groups excluding carboxylic acids is 2. The quantitative estimate of drug-likeness (QED) is 0.560. The van der Waals surface area contributed by atoms with E-state index in [0.717, 1.165) is 16.8 Å². The summed E-state index contributed by atoms with van der Waals surface area (Å²) in [7, 11) is 0. The van der Waals surface area contributed by atoms with E-state index in [1.165, 1.54) is 0 Å². The number of carbonyl (C=O) groups is 2. The van der Waals surface area contributed by atoms with Gasteiger partial charge in [0.1, 0.15) is 0 Å². The van der Waals surface area contributed by atoms with Crippen LogP contribution in [-0.4, -0.2) is 11.8 Å². The summed E-state index contributed by atoms with van der Waals surface area (Å²) < 4.78 is 0.